The zero-order chi connectivity index (χ0) is 38.6. The maximum atomic E-state index is 13.4. The Hall–Kier alpha value is -5.65. The number of imidazole rings is 1. The Kier molecular flexibility index (Phi) is 18.2. The molecule has 0 saturated carbocycles. The molecule has 0 saturated heterocycles. The molecule has 0 aliphatic heterocycles. The van der Waals surface area contributed by atoms with Crippen LogP contribution in [-0.2, 0) is 36.9 Å². The fourth-order valence-electron chi connectivity index (χ4n) is 4.84. The SMILES string of the molecule is CC.CCCCc1nc(Cl)c(C(=O)OC(C)C(=O)OCCCCC(CO[N+](=O)[O-])O[N+](=O)[O-])n1Cc1ccc(-c2ccccc2C(=N)N=NN)cc1. The molecule has 52 heavy (non-hydrogen) atoms. The molecule has 0 spiro atoms. The Labute approximate surface area is 304 Å². The Morgan fingerprint density at radius 3 is 2.38 bits per heavy atom. The number of ether oxygens (including phenoxy) is 2. The van der Waals surface area contributed by atoms with E-state index < -0.39 is 40.9 Å². The number of rotatable bonds is 20. The van der Waals surface area contributed by atoms with Crippen LogP contribution in [0.25, 0.3) is 11.1 Å². The average Bonchev–Trinajstić information content (AvgIpc) is 3.44. The molecular formula is C33H43ClN8O10. The third-order valence-corrected chi connectivity index (χ3v) is 7.54. The lowest BCUT2D eigenvalue weighted by Crippen LogP contribution is -2.28. The van der Waals surface area contributed by atoms with Gasteiger partial charge in [0.2, 0.25) is 0 Å². The number of nitrogens with one attached hydrogen (secondary N) is 1. The molecule has 282 valence electrons. The second kappa shape index (κ2) is 22.2. The number of nitrogens with two attached hydrogens (primary N) is 1. The molecule has 0 amide bonds. The Bertz CT molecular complexity index is 1680. The van der Waals surface area contributed by atoms with Gasteiger partial charge in [-0.3, -0.25) is 5.41 Å². The van der Waals surface area contributed by atoms with Crippen LogP contribution in [0.4, 0.5) is 0 Å². The van der Waals surface area contributed by atoms with E-state index in [2.05, 4.69) is 25.0 Å². The van der Waals surface area contributed by atoms with E-state index in [0.717, 1.165) is 29.5 Å². The molecule has 19 heteroatoms. The summed E-state index contributed by atoms with van der Waals surface area (Å²) < 4.78 is 12.3. The molecule has 1 aromatic heterocycles. The number of unbranched alkanes of at least 4 members (excludes halogenated alkanes) is 2. The van der Waals surface area contributed by atoms with E-state index in [4.69, 9.17) is 32.3 Å². The van der Waals surface area contributed by atoms with Gasteiger partial charge in [0.15, 0.2) is 22.8 Å². The molecule has 3 rings (SSSR count). The second-order valence-electron chi connectivity index (χ2n) is 10.8. The number of carbonyl (C=O) groups is 2. The van der Waals surface area contributed by atoms with Crippen molar-refractivity contribution in [3.8, 4) is 11.1 Å². The molecule has 2 aromatic carbocycles. The van der Waals surface area contributed by atoms with Crippen LogP contribution in [0.2, 0.25) is 5.15 Å². The minimum atomic E-state index is -1.31. The standard InChI is InChI=1S/C31H37ClN8O10.C2H6/c1-3-4-12-26-35-28(32)27(31(42)49-20(2)30(41)47-17-8-7-9-23(50-40(45)46)19-48-39(43)44)38(26)18-21-13-15-22(16-14-21)24-10-5-6-11-25(24)29(33)36-37-34;1-2/h5-6,10-11,13-16,20,23H,3-4,7-9,12,17-19H2,1-2H3,(H3,33,34,36);1-2H3. The van der Waals surface area contributed by atoms with Gasteiger partial charge in [-0.15, -0.1) is 25.3 Å². The fraction of sp³-hybridized carbons (Fsp3) is 0.455. The lowest BCUT2D eigenvalue weighted by Gasteiger charge is -2.16. The minimum Gasteiger partial charge on any atom is -0.463 e. The molecule has 0 aliphatic rings. The number of nitrogens with zero attached hydrogens (tertiary/aromatic N) is 6. The fourth-order valence-corrected chi connectivity index (χ4v) is 5.12. The molecule has 2 atom stereocenters. The zero-order valence-electron chi connectivity index (χ0n) is 29.4. The van der Waals surface area contributed by atoms with Crippen LogP contribution in [0.3, 0.4) is 0 Å². The minimum absolute atomic E-state index is 0.0267. The number of benzene rings is 2. The van der Waals surface area contributed by atoms with Crippen molar-refractivity contribution in [3.05, 3.63) is 96.6 Å². The zero-order valence-corrected chi connectivity index (χ0v) is 30.1. The lowest BCUT2D eigenvalue weighted by atomic mass is 9.98. The van der Waals surface area contributed by atoms with Crippen molar-refractivity contribution in [3.63, 3.8) is 0 Å². The van der Waals surface area contributed by atoms with E-state index >= 15 is 0 Å². The average molecular weight is 747 g/mol. The number of amidine groups is 1. The maximum Gasteiger partial charge on any atom is 0.359 e. The van der Waals surface area contributed by atoms with E-state index in [1.54, 1.807) is 16.7 Å². The van der Waals surface area contributed by atoms with Gasteiger partial charge in [0.05, 0.1) is 6.61 Å². The first-order chi connectivity index (χ1) is 24.9. The van der Waals surface area contributed by atoms with Gasteiger partial charge in [-0.2, -0.15) is 0 Å². The summed E-state index contributed by atoms with van der Waals surface area (Å²) >= 11 is 6.45. The van der Waals surface area contributed by atoms with Gasteiger partial charge in [0, 0.05) is 18.5 Å². The summed E-state index contributed by atoms with van der Waals surface area (Å²) in [6, 6.07) is 14.7. The van der Waals surface area contributed by atoms with Crippen molar-refractivity contribution in [1.82, 2.24) is 9.55 Å². The number of aryl methyl sites for hydroxylation is 1. The highest BCUT2D eigenvalue weighted by Crippen LogP contribution is 2.27. The van der Waals surface area contributed by atoms with Crippen molar-refractivity contribution in [2.75, 3.05) is 13.2 Å². The number of hydrogen-bond acceptors (Lipinski definition) is 13. The largest absolute Gasteiger partial charge is 0.463 e. The highest BCUT2D eigenvalue weighted by molar-refractivity contribution is 6.32. The van der Waals surface area contributed by atoms with E-state index in [-0.39, 0.29) is 49.1 Å². The van der Waals surface area contributed by atoms with E-state index in [1.807, 2.05) is 57.2 Å². The molecular weight excluding hydrogens is 704 g/mol. The van der Waals surface area contributed by atoms with Crippen LogP contribution in [0.5, 0.6) is 0 Å². The van der Waals surface area contributed by atoms with Crippen molar-refractivity contribution in [1.29, 1.82) is 5.41 Å². The van der Waals surface area contributed by atoms with Crippen LogP contribution in [0, 0.1) is 25.6 Å². The summed E-state index contributed by atoms with van der Waals surface area (Å²) in [5, 5.41) is 33.8. The predicted molar refractivity (Wildman–Crippen MR) is 189 cm³/mol. The summed E-state index contributed by atoms with van der Waals surface area (Å²) in [7, 11) is 0. The third-order valence-electron chi connectivity index (χ3n) is 7.28. The van der Waals surface area contributed by atoms with Crippen molar-refractivity contribution < 1.29 is 38.9 Å². The van der Waals surface area contributed by atoms with Crippen LogP contribution >= 0.6 is 11.6 Å². The number of hydrogen-bond donors (Lipinski definition) is 2. The monoisotopic (exact) mass is 746 g/mol. The van der Waals surface area contributed by atoms with Gasteiger partial charge < -0.3 is 29.6 Å². The van der Waals surface area contributed by atoms with Gasteiger partial charge in [-0.1, -0.05) is 92.5 Å². The van der Waals surface area contributed by atoms with Crippen LogP contribution in [0.15, 0.2) is 58.9 Å². The Morgan fingerprint density at radius 1 is 1.06 bits per heavy atom. The van der Waals surface area contributed by atoms with E-state index in [0.29, 0.717) is 17.8 Å². The molecule has 0 bridgehead atoms. The molecule has 3 aromatic rings. The summed E-state index contributed by atoms with van der Waals surface area (Å²) in [5.41, 5.74) is 2.91. The van der Waals surface area contributed by atoms with E-state index in [1.165, 1.54) is 6.92 Å². The first-order valence-corrected chi connectivity index (χ1v) is 16.9. The summed E-state index contributed by atoms with van der Waals surface area (Å²) in [6.07, 6.45) is 0.244. The molecule has 0 fully saturated rings. The maximum absolute atomic E-state index is 13.4. The quantitative estimate of drug-likeness (QED) is 0.0188. The molecule has 2 unspecified atom stereocenters. The smallest absolute Gasteiger partial charge is 0.359 e. The van der Waals surface area contributed by atoms with Crippen LogP contribution in [0.1, 0.15) is 87.2 Å². The molecule has 18 nitrogen and oxygen atoms in total. The highest BCUT2D eigenvalue weighted by atomic mass is 35.5. The Balaban J connectivity index is 0.00000460. The van der Waals surface area contributed by atoms with Gasteiger partial charge >= 0.3 is 11.9 Å². The summed E-state index contributed by atoms with van der Waals surface area (Å²) in [6.45, 7) is 6.84. The Morgan fingerprint density at radius 2 is 1.75 bits per heavy atom. The summed E-state index contributed by atoms with van der Waals surface area (Å²) in [5.74, 6) is 3.91. The van der Waals surface area contributed by atoms with Gasteiger partial charge in [0.25, 0.3) is 10.2 Å². The normalized spacial score (nSPS) is 11.9. The number of aromatic nitrogens is 2. The third kappa shape index (κ3) is 13.2. The van der Waals surface area contributed by atoms with Crippen LogP contribution < -0.4 is 5.84 Å². The number of halogens is 1. The molecule has 3 N–H and O–H groups in total. The van der Waals surface area contributed by atoms with Gasteiger partial charge in [-0.05, 0) is 49.3 Å². The van der Waals surface area contributed by atoms with Crippen LogP contribution in [-0.4, -0.2) is 62.9 Å². The van der Waals surface area contributed by atoms with Crippen molar-refractivity contribution >= 4 is 29.4 Å². The van der Waals surface area contributed by atoms with Gasteiger partial charge in [-0.25, -0.2) is 14.6 Å². The van der Waals surface area contributed by atoms with Gasteiger partial charge in [0.1, 0.15) is 18.5 Å². The predicted octanol–water partition coefficient (Wildman–Crippen LogP) is 6.32. The van der Waals surface area contributed by atoms with Crippen molar-refractivity contribution in [2.24, 2.45) is 16.2 Å². The first kappa shape index (κ1) is 42.5. The number of carbonyl (C=O) groups excluding carboxylic acids is 2. The first-order valence-electron chi connectivity index (χ1n) is 16.5. The van der Waals surface area contributed by atoms with Crippen molar-refractivity contribution in [2.45, 2.75) is 85.0 Å². The van der Waals surface area contributed by atoms with E-state index in [9.17, 15) is 29.8 Å². The molecule has 1 heterocycles. The molecule has 0 aliphatic carbocycles. The molecule has 0 radical (unpaired) electrons. The lowest BCUT2D eigenvalue weighted by molar-refractivity contribution is -0.790. The topological polar surface area (TPSA) is 250 Å². The second-order valence-corrected chi connectivity index (χ2v) is 11.2. The number of esters is 2. The highest BCUT2D eigenvalue weighted by Gasteiger charge is 2.28. The summed E-state index contributed by atoms with van der Waals surface area (Å²) in [4.78, 5) is 59.9.